The van der Waals surface area contributed by atoms with E-state index in [1.807, 2.05) is 18.2 Å². The van der Waals surface area contributed by atoms with Crippen LogP contribution in [-0.2, 0) is 26.2 Å². The number of carbonyl (C=O) groups excluding carboxylic acids is 2. The highest BCUT2D eigenvalue weighted by molar-refractivity contribution is 7.86. The number of hydrogen-bond donors (Lipinski definition) is 1. The molecule has 3 rings (SSSR count). The highest BCUT2D eigenvalue weighted by Gasteiger charge is 2.37. The van der Waals surface area contributed by atoms with E-state index in [1.165, 1.54) is 13.5 Å². The first-order valence-electron chi connectivity index (χ1n) is 12.0. The van der Waals surface area contributed by atoms with E-state index in [4.69, 9.17) is 14.2 Å². The number of amides is 2. The summed E-state index contributed by atoms with van der Waals surface area (Å²) in [5.74, 6) is 0.737. The van der Waals surface area contributed by atoms with Crippen molar-refractivity contribution < 1.29 is 32.2 Å². The number of piperazine rings is 1. The fourth-order valence-corrected chi connectivity index (χ4v) is 6.04. The molecule has 11 nitrogen and oxygen atoms in total. The summed E-state index contributed by atoms with van der Waals surface area (Å²) in [5, 5.41) is 2.94. The van der Waals surface area contributed by atoms with Crippen molar-refractivity contribution in [3.05, 3.63) is 23.8 Å². The second kappa shape index (κ2) is 12.4. The molecule has 1 N–H and O–H groups in total. The van der Waals surface area contributed by atoms with Gasteiger partial charge in [0.2, 0.25) is 5.91 Å². The molecule has 2 aliphatic heterocycles. The SMILES string of the molecule is CCOC(=O)N1CCN(S(=O)(=O)N2CCC[C@H](C(=O)NCCc3ccc(OC)c(OC)c3)C2)CC1. The van der Waals surface area contributed by atoms with E-state index in [1.54, 1.807) is 21.1 Å². The van der Waals surface area contributed by atoms with Gasteiger partial charge in [-0.25, -0.2) is 4.79 Å². The Morgan fingerprint density at radius 1 is 1.03 bits per heavy atom. The molecule has 0 unspecified atom stereocenters. The van der Waals surface area contributed by atoms with E-state index in [9.17, 15) is 18.0 Å². The second-order valence-corrected chi connectivity index (χ2v) is 10.4. The molecule has 2 heterocycles. The molecule has 0 aromatic heterocycles. The molecule has 1 atom stereocenters. The third-order valence-corrected chi connectivity index (χ3v) is 8.33. The van der Waals surface area contributed by atoms with Gasteiger partial charge in [0.25, 0.3) is 10.2 Å². The summed E-state index contributed by atoms with van der Waals surface area (Å²) in [4.78, 5) is 26.2. The summed E-state index contributed by atoms with van der Waals surface area (Å²) in [5.41, 5.74) is 0.998. The first kappa shape index (κ1) is 27.0. The van der Waals surface area contributed by atoms with E-state index in [-0.39, 0.29) is 45.2 Å². The largest absolute Gasteiger partial charge is 0.493 e. The Kier molecular flexibility index (Phi) is 9.58. The van der Waals surface area contributed by atoms with Gasteiger partial charge in [-0.2, -0.15) is 17.0 Å². The lowest BCUT2D eigenvalue weighted by atomic mass is 9.99. The minimum absolute atomic E-state index is 0.141. The average Bonchev–Trinajstić information content (AvgIpc) is 2.88. The van der Waals surface area contributed by atoms with Crippen LogP contribution in [0.4, 0.5) is 4.79 Å². The Morgan fingerprint density at radius 2 is 1.74 bits per heavy atom. The van der Waals surface area contributed by atoms with Crippen LogP contribution in [0.5, 0.6) is 11.5 Å². The summed E-state index contributed by atoms with van der Waals surface area (Å²) >= 11 is 0. The van der Waals surface area contributed by atoms with Gasteiger partial charge in [-0.3, -0.25) is 4.79 Å². The number of nitrogens with one attached hydrogen (secondary N) is 1. The third kappa shape index (κ3) is 6.77. The van der Waals surface area contributed by atoms with Gasteiger partial charge < -0.3 is 24.4 Å². The molecule has 0 radical (unpaired) electrons. The number of rotatable bonds is 9. The van der Waals surface area contributed by atoms with E-state index in [2.05, 4.69) is 5.32 Å². The zero-order valence-electron chi connectivity index (χ0n) is 20.7. The Labute approximate surface area is 207 Å². The second-order valence-electron chi connectivity index (χ2n) is 8.52. The van der Waals surface area contributed by atoms with Crippen LogP contribution in [0.3, 0.4) is 0 Å². The van der Waals surface area contributed by atoms with E-state index >= 15 is 0 Å². The van der Waals surface area contributed by atoms with E-state index < -0.39 is 22.2 Å². The molecule has 196 valence electrons. The van der Waals surface area contributed by atoms with Crippen LogP contribution in [0.25, 0.3) is 0 Å². The lowest BCUT2D eigenvalue weighted by Gasteiger charge is -2.38. The van der Waals surface area contributed by atoms with Gasteiger partial charge in [0.1, 0.15) is 0 Å². The number of ether oxygens (including phenoxy) is 3. The van der Waals surface area contributed by atoms with Crippen LogP contribution in [0, 0.1) is 5.92 Å². The topological polar surface area (TPSA) is 118 Å². The number of methoxy groups -OCH3 is 2. The smallest absolute Gasteiger partial charge is 0.409 e. The van der Waals surface area contributed by atoms with Gasteiger partial charge in [0.15, 0.2) is 11.5 Å². The van der Waals surface area contributed by atoms with Crippen molar-refractivity contribution in [2.45, 2.75) is 26.2 Å². The Morgan fingerprint density at radius 3 is 2.40 bits per heavy atom. The Balaban J connectivity index is 1.50. The number of hydrogen-bond acceptors (Lipinski definition) is 7. The quantitative estimate of drug-likeness (QED) is 0.526. The van der Waals surface area contributed by atoms with Crippen molar-refractivity contribution in [3.8, 4) is 11.5 Å². The van der Waals surface area contributed by atoms with Gasteiger partial charge >= 0.3 is 6.09 Å². The van der Waals surface area contributed by atoms with E-state index in [0.717, 1.165) is 5.56 Å². The molecule has 2 fully saturated rings. The summed E-state index contributed by atoms with van der Waals surface area (Å²) in [6.07, 6.45) is 1.46. The molecule has 0 aliphatic carbocycles. The van der Waals surface area contributed by atoms with Crippen LogP contribution in [-0.4, -0.2) is 101 Å². The van der Waals surface area contributed by atoms with Gasteiger partial charge in [0, 0.05) is 45.8 Å². The summed E-state index contributed by atoms with van der Waals surface area (Å²) in [6.45, 7) is 3.98. The molecular weight excluding hydrogens is 476 g/mol. The lowest BCUT2D eigenvalue weighted by molar-refractivity contribution is -0.126. The predicted octanol–water partition coefficient (Wildman–Crippen LogP) is 1.09. The number of carbonyl (C=O) groups is 2. The summed E-state index contributed by atoms with van der Waals surface area (Å²) in [7, 11) is -0.554. The van der Waals surface area contributed by atoms with Crippen LogP contribution >= 0.6 is 0 Å². The molecular formula is C23H36N4O7S. The maximum atomic E-state index is 13.2. The molecule has 1 aromatic rings. The van der Waals surface area contributed by atoms with Gasteiger partial charge in [0.05, 0.1) is 26.7 Å². The minimum Gasteiger partial charge on any atom is -0.493 e. The molecule has 2 amide bonds. The highest BCUT2D eigenvalue weighted by atomic mass is 32.2. The molecule has 0 saturated carbocycles. The van der Waals surface area contributed by atoms with Crippen LogP contribution in [0.1, 0.15) is 25.3 Å². The number of nitrogens with zero attached hydrogens (tertiary/aromatic N) is 3. The van der Waals surface area contributed by atoms with Crippen LogP contribution in [0.15, 0.2) is 18.2 Å². The van der Waals surface area contributed by atoms with E-state index in [0.29, 0.717) is 43.9 Å². The lowest BCUT2D eigenvalue weighted by Crippen LogP contribution is -2.56. The first-order valence-corrected chi connectivity index (χ1v) is 13.3. The Hall–Kier alpha value is -2.57. The minimum atomic E-state index is -3.71. The maximum absolute atomic E-state index is 13.2. The average molecular weight is 513 g/mol. The monoisotopic (exact) mass is 512 g/mol. The summed E-state index contributed by atoms with van der Waals surface area (Å²) < 4.78 is 44.7. The van der Waals surface area contributed by atoms with Crippen molar-refractivity contribution in [1.29, 1.82) is 0 Å². The van der Waals surface area contributed by atoms with Gasteiger partial charge in [-0.05, 0) is 43.9 Å². The zero-order chi connectivity index (χ0) is 25.4. The molecule has 0 bridgehead atoms. The predicted molar refractivity (Wildman–Crippen MR) is 130 cm³/mol. The molecule has 2 aliphatic rings. The van der Waals surface area contributed by atoms with Gasteiger partial charge in [-0.1, -0.05) is 6.07 Å². The normalized spacial score (nSPS) is 19.7. The fourth-order valence-electron chi connectivity index (χ4n) is 4.36. The summed E-state index contributed by atoms with van der Waals surface area (Å²) in [6, 6.07) is 5.62. The first-order chi connectivity index (χ1) is 16.8. The van der Waals surface area contributed by atoms with Crippen molar-refractivity contribution >= 4 is 22.2 Å². The van der Waals surface area contributed by atoms with Crippen molar-refractivity contribution in [2.75, 3.05) is 66.6 Å². The molecule has 0 spiro atoms. The molecule has 12 heteroatoms. The molecule has 2 saturated heterocycles. The van der Waals surface area contributed by atoms with Crippen molar-refractivity contribution in [3.63, 3.8) is 0 Å². The standard InChI is InChI=1S/C23H36N4O7S/c1-4-34-23(29)25-12-14-26(15-13-25)35(30,31)27-11-5-6-19(17-27)22(28)24-10-9-18-7-8-20(32-2)21(16-18)33-3/h7-8,16,19H,4-6,9-15,17H2,1-3H3,(H,24,28)/t19-/m0/s1. The zero-order valence-corrected chi connectivity index (χ0v) is 21.5. The van der Waals surface area contributed by atoms with Gasteiger partial charge in [-0.15, -0.1) is 0 Å². The molecule has 1 aromatic carbocycles. The van der Waals surface area contributed by atoms with Crippen molar-refractivity contribution in [2.24, 2.45) is 5.92 Å². The van der Waals surface area contributed by atoms with Crippen LogP contribution in [0.2, 0.25) is 0 Å². The maximum Gasteiger partial charge on any atom is 0.409 e. The van der Waals surface area contributed by atoms with Crippen LogP contribution < -0.4 is 14.8 Å². The highest BCUT2D eigenvalue weighted by Crippen LogP contribution is 2.27. The Bertz CT molecular complexity index is 980. The van der Waals surface area contributed by atoms with Crippen molar-refractivity contribution in [1.82, 2.24) is 18.8 Å². The number of benzene rings is 1. The third-order valence-electron chi connectivity index (χ3n) is 6.33. The fraction of sp³-hybridized carbons (Fsp3) is 0.652. The number of piperidine rings is 1. The molecule has 35 heavy (non-hydrogen) atoms.